The SMILES string of the molecule is Cc1cc(C)c(C(C)NC(=O)c2cc(S(=O)(=O)N3CCOCC3)ccc2Cl)cc1C. The Morgan fingerprint density at radius 3 is 2.37 bits per heavy atom. The number of hydrogen-bond acceptors (Lipinski definition) is 4. The molecule has 1 aliphatic rings. The van der Waals surface area contributed by atoms with E-state index in [0.717, 1.165) is 16.7 Å². The van der Waals surface area contributed by atoms with E-state index in [2.05, 4.69) is 24.4 Å². The van der Waals surface area contributed by atoms with Crippen LogP contribution in [0.4, 0.5) is 0 Å². The predicted molar refractivity (Wildman–Crippen MR) is 118 cm³/mol. The van der Waals surface area contributed by atoms with Crippen LogP contribution in [0.1, 0.15) is 45.6 Å². The lowest BCUT2D eigenvalue weighted by atomic mass is 9.96. The molecule has 0 saturated carbocycles. The second-order valence-corrected chi connectivity index (χ2v) is 9.99. The molecule has 0 spiro atoms. The number of rotatable bonds is 5. The molecule has 162 valence electrons. The van der Waals surface area contributed by atoms with Crippen LogP contribution in [0.2, 0.25) is 5.02 Å². The van der Waals surface area contributed by atoms with E-state index in [4.69, 9.17) is 16.3 Å². The van der Waals surface area contributed by atoms with Gasteiger partial charge in [0.25, 0.3) is 5.91 Å². The van der Waals surface area contributed by atoms with Gasteiger partial charge in [-0.05, 0) is 68.1 Å². The fourth-order valence-corrected chi connectivity index (χ4v) is 5.21. The highest BCUT2D eigenvalue weighted by atomic mass is 35.5. The molecule has 1 N–H and O–H groups in total. The predicted octanol–water partition coefficient (Wildman–Crippen LogP) is 3.78. The number of benzene rings is 2. The van der Waals surface area contributed by atoms with Crippen molar-refractivity contribution < 1.29 is 17.9 Å². The normalized spacial score (nSPS) is 16.3. The van der Waals surface area contributed by atoms with E-state index in [9.17, 15) is 13.2 Å². The molecule has 1 aliphatic heterocycles. The minimum atomic E-state index is -3.72. The number of morpholine rings is 1. The summed E-state index contributed by atoms with van der Waals surface area (Å²) in [6.07, 6.45) is 0. The lowest BCUT2D eigenvalue weighted by Crippen LogP contribution is -2.40. The average Bonchev–Trinajstić information content (AvgIpc) is 2.71. The molecular formula is C22H27ClN2O4S. The Morgan fingerprint density at radius 1 is 1.07 bits per heavy atom. The summed E-state index contributed by atoms with van der Waals surface area (Å²) in [5.74, 6) is -0.413. The summed E-state index contributed by atoms with van der Waals surface area (Å²) in [5, 5.41) is 3.15. The van der Waals surface area contributed by atoms with Crippen molar-refractivity contribution in [1.29, 1.82) is 0 Å². The van der Waals surface area contributed by atoms with E-state index in [1.165, 1.54) is 28.1 Å². The number of aryl methyl sites for hydroxylation is 3. The molecule has 2 aromatic rings. The number of nitrogens with zero attached hydrogens (tertiary/aromatic N) is 1. The molecule has 3 rings (SSSR count). The van der Waals surface area contributed by atoms with Gasteiger partial charge in [0.05, 0.1) is 34.7 Å². The van der Waals surface area contributed by atoms with Crippen molar-refractivity contribution in [2.75, 3.05) is 26.3 Å². The molecule has 1 saturated heterocycles. The monoisotopic (exact) mass is 450 g/mol. The molecule has 0 bridgehead atoms. The number of sulfonamides is 1. The summed E-state index contributed by atoms with van der Waals surface area (Å²) in [6, 6.07) is 8.14. The first-order chi connectivity index (χ1) is 14.1. The lowest BCUT2D eigenvalue weighted by Gasteiger charge is -2.26. The molecule has 1 amide bonds. The van der Waals surface area contributed by atoms with Crippen LogP contribution in [0.3, 0.4) is 0 Å². The summed E-state index contributed by atoms with van der Waals surface area (Å²) in [7, 11) is -3.72. The quantitative estimate of drug-likeness (QED) is 0.752. The van der Waals surface area contributed by atoms with Crippen molar-refractivity contribution in [3.63, 3.8) is 0 Å². The Kier molecular flexibility index (Phi) is 6.87. The van der Waals surface area contributed by atoms with Crippen LogP contribution in [0.5, 0.6) is 0 Å². The first-order valence-corrected chi connectivity index (χ1v) is 11.7. The first-order valence-electron chi connectivity index (χ1n) is 9.87. The van der Waals surface area contributed by atoms with Gasteiger partial charge in [-0.3, -0.25) is 4.79 Å². The molecule has 1 atom stereocenters. The number of nitrogens with one attached hydrogen (secondary N) is 1. The molecule has 0 radical (unpaired) electrons. The highest BCUT2D eigenvalue weighted by Gasteiger charge is 2.28. The second kappa shape index (κ2) is 9.06. The largest absolute Gasteiger partial charge is 0.379 e. The highest BCUT2D eigenvalue weighted by Crippen LogP contribution is 2.26. The average molecular weight is 451 g/mol. The van der Waals surface area contributed by atoms with Gasteiger partial charge in [0.1, 0.15) is 0 Å². The van der Waals surface area contributed by atoms with Gasteiger partial charge in [-0.25, -0.2) is 8.42 Å². The van der Waals surface area contributed by atoms with Crippen molar-refractivity contribution in [2.45, 2.75) is 38.6 Å². The van der Waals surface area contributed by atoms with Gasteiger partial charge in [-0.15, -0.1) is 0 Å². The van der Waals surface area contributed by atoms with Crippen molar-refractivity contribution >= 4 is 27.5 Å². The lowest BCUT2D eigenvalue weighted by molar-refractivity contribution is 0.0730. The fourth-order valence-electron chi connectivity index (χ4n) is 3.58. The molecule has 1 heterocycles. The second-order valence-electron chi connectivity index (χ2n) is 7.65. The van der Waals surface area contributed by atoms with Crippen LogP contribution in [-0.4, -0.2) is 44.9 Å². The maximum absolute atomic E-state index is 12.9. The summed E-state index contributed by atoms with van der Waals surface area (Å²) in [4.78, 5) is 13.0. The summed E-state index contributed by atoms with van der Waals surface area (Å²) >= 11 is 6.24. The summed E-state index contributed by atoms with van der Waals surface area (Å²) < 4.78 is 32.4. The van der Waals surface area contributed by atoms with Crippen LogP contribution in [0, 0.1) is 20.8 Å². The Bertz CT molecular complexity index is 1060. The molecule has 0 aliphatic carbocycles. The maximum atomic E-state index is 12.9. The highest BCUT2D eigenvalue weighted by molar-refractivity contribution is 7.89. The van der Waals surface area contributed by atoms with Gasteiger partial charge in [-0.1, -0.05) is 23.7 Å². The summed E-state index contributed by atoms with van der Waals surface area (Å²) in [5.41, 5.74) is 4.58. The van der Waals surface area contributed by atoms with Crippen LogP contribution in [0.25, 0.3) is 0 Å². The van der Waals surface area contributed by atoms with Gasteiger partial charge in [0.2, 0.25) is 10.0 Å². The van der Waals surface area contributed by atoms with Crippen LogP contribution >= 0.6 is 11.6 Å². The fraction of sp³-hybridized carbons (Fsp3) is 0.409. The standard InChI is InChI=1S/C22H27ClN2O4S/c1-14-11-16(3)19(12-15(14)2)17(4)24-22(26)20-13-18(5-6-21(20)23)30(27,28)25-7-9-29-10-8-25/h5-6,11-13,17H,7-10H2,1-4H3,(H,24,26). The number of carbonyl (C=O) groups excluding carboxylic acids is 1. The minimum Gasteiger partial charge on any atom is -0.379 e. The smallest absolute Gasteiger partial charge is 0.253 e. The molecule has 8 heteroatoms. The topological polar surface area (TPSA) is 75.7 Å². The van der Waals surface area contributed by atoms with E-state index in [1.807, 2.05) is 20.8 Å². The zero-order chi connectivity index (χ0) is 22.1. The third kappa shape index (κ3) is 4.70. The summed E-state index contributed by atoms with van der Waals surface area (Å²) in [6.45, 7) is 9.27. The van der Waals surface area contributed by atoms with Crippen LogP contribution in [-0.2, 0) is 14.8 Å². The van der Waals surface area contributed by atoms with Gasteiger partial charge in [-0.2, -0.15) is 4.31 Å². The number of amides is 1. The number of carbonyl (C=O) groups is 1. The Labute approximate surface area is 183 Å². The molecule has 6 nitrogen and oxygen atoms in total. The Morgan fingerprint density at radius 2 is 1.70 bits per heavy atom. The third-order valence-electron chi connectivity index (χ3n) is 5.49. The number of ether oxygens (including phenoxy) is 1. The van der Waals surface area contributed by atoms with Gasteiger partial charge >= 0.3 is 0 Å². The zero-order valence-electron chi connectivity index (χ0n) is 17.7. The molecule has 0 aromatic heterocycles. The minimum absolute atomic E-state index is 0.0500. The molecule has 2 aromatic carbocycles. The first kappa shape index (κ1) is 22.7. The van der Waals surface area contributed by atoms with Crippen LogP contribution in [0.15, 0.2) is 35.2 Å². The maximum Gasteiger partial charge on any atom is 0.253 e. The van der Waals surface area contributed by atoms with E-state index >= 15 is 0 Å². The Balaban J connectivity index is 1.86. The van der Waals surface area contributed by atoms with Crippen molar-refractivity contribution in [3.8, 4) is 0 Å². The van der Waals surface area contributed by atoms with Gasteiger partial charge in [0, 0.05) is 13.1 Å². The zero-order valence-corrected chi connectivity index (χ0v) is 19.2. The number of hydrogen-bond donors (Lipinski definition) is 1. The van der Waals surface area contributed by atoms with E-state index in [0.29, 0.717) is 13.2 Å². The third-order valence-corrected chi connectivity index (χ3v) is 7.71. The van der Waals surface area contributed by atoms with Crippen molar-refractivity contribution in [2.24, 2.45) is 0 Å². The van der Waals surface area contributed by atoms with Crippen LogP contribution < -0.4 is 5.32 Å². The van der Waals surface area contributed by atoms with E-state index in [-0.39, 0.29) is 34.6 Å². The van der Waals surface area contributed by atoms with Gasteiger partial charge in [0.15, 0.2) is 0 Å². The van der Waals surface area contributed by atoms with E-state index < -0.39 is 15.9 Å². The molecule has 1 unspecified atom stereocenters. The molecule has 1 fully saturated rings. The van der Waals surface area contributed by atoms with Crippen molar-refractivity contribution in [1.82, 2.24) is 9.62 Å². The molecule has 30 heavy (non-hydrogen) atoms. The number of halogens is 1. The Hall–Kier alpha value is -1.93. The van der Waals surface area contributed by atoms with Gasteiger partial charge < -0.3 is 10.1 Å². The van der Waals surface area contributed by atoms with E-state index in [1.54, 1.807) is 0 Å². The molecular weight excluding hydrogens is 424 g/mol. The van der Waals surface area contributed by atoms with Crippen molar-refractivity contribution in [3.05, 3.63) is 63.2 Å².